The molecule has 8 nitrogen and oxygen atoms in total. The van der Waals surface area contributed by atoms with E-state index in [9.17, 15) is 24.5 Å². The molecule has 0 unspecified atom stereocenters. The van der Waals surface area contributed by atoms with Crippen LogP contribution in [0.4, 0.5) is 11.4 Å². The minimum absolute atomic E-state index is 0.105. The van der Waals surface area contributed by atoms with Crippen LogP contribution in [0.15, 0.2) is 36.4 Å². The first-order valence-corrected chi connectivity index (χ1v) is 9.49. The first-order valence-electron chi connectivity index (χ1n) is 9.49. The molecular weight excluding hydrogens is 362 g/mol. The number of anilines is 1. The summed E-state index contributed by atoms with van der Waals surface area (Å²) in [5.74, 6) is -0.543. The van der Waals surface area contributed by atoms with Gasteiger partial charge in [-0.3, -0.25) is 29.4 Å². The van der Waals surface area contributed by atoms with Crippen molar-refractivity contribution in [1.29, 1.82) is 0 Å². The van der Waals surface area contributed by atoms with Gasteiger partial charge in [-0.15, -0.1) is 0 Å². The number of non-ortho nitro benzene ring substituents is 1. The van der Waals surface area contributed by atoms with E-state index in [1.807, 2.05) is 0 Å². The van der Waals surface area contributed by atoms with Gasteiger partial charge >= 0.3 is 0 Å². The number of carbonyl (C=O) groups excluding carboxylic acids is 3. The van der Waals surface area contributed by atoms with Crippen LogP contribution in [0.1, 0.15) is 13.3 Å². The van der Waals surface area contributed by atoms with Gasteiger partial charge in [0.25, 0.3) is 5.69 Å². The lowest BCUT2D eigenvalue weighted by Crippen LogP contribution is -2.46. The quantitative estimate of drug-likeness (QED) is 0.371. The Bertz CT molecular complexity index is 921. The Morgan fingerprint density at radius 1 is 1.18 bits per heavy atom. The molecule has 0 radical (unpaired) electrons. The van der Waals surface area contributed by atoms with Gasteiger partial charge in [0.2, 0.25) is 17.7 Å². The Hall–Kier alpha value is -3.03. The van der Waals surface area contributed by atoms with Gasteiger partial charge in [0.15, 0.2) is 0 Å². The maximum atomic E-state index is 13.0. The van der Waals surface area contributed by atoms with E-state index in [0.717, 1.165) is 11.3 Å². The third kappa shape index (κ3) is 2.26. The maximum Gasteiger partial charge on any atom is 0.271 e. The van der Waals surface area contributed by atoms with Crippen molar-refractivity contribution in [3.8, 4) is 0 Å². The summed E-state index contributed by atoms with van der Waals surface area (Å²) in [5, 5.41) is 13.5. The van der Waals surface area contributed by atoms with E-state index in [-0.39, 0.29) is 46.9 Å². The highest BCUT2D eigenvalue weighted by Crippen LogP contribution is 2.65. The number of hydrogen-bond donors (Lipinski definition) is 1. The number of benzene rings is 1. The second-order valence-corrected chi connectivity index (χ2v) is 8.17. The molecule has 144 valence electrons. The molecule has 3 fully saturated rings. The molecule has 0 aromatic heterocycles. The number of nitrogens with zero attached hydrogens (tertiary/aromatic N) is 2. The molecule has 5 aliphatic rings. The smallest absolute Gasteiger partial charge is 0.271 e. The van der Waals surface area contributed by atoms with E-state index in [2.05, 4.69) is 17.5 Å². The standard InChI is InChI=1S/C20H19N3O5/c1-9(18(24)21-10-3-2-4-11(7-10)23(27)28)22-19(25)16-12-5-6-13(15-8-14(12)15)17(16)20(22)26/h2-7,9,12-17H,8H2,1H3,(H,21,24)/t9-,12+,13+,14+,15+,16-,17-/m1/s1. The van der Waals surface area contributed by atoms with Gasteiger partial charge in [-0.25, -0.2) is 0 Å². The van der Waals surface area contributed by atoms with E-state index < -0.39 is 16.9 Å². The summed E-state index contributed by atoms with van der Waals surface area (Å²) in [5.41, 5.74) is 0.109. The molecule has 8 heteroatoms. The van der Waals surface area contributed by atoms with Crippen molar-refractivity contribution in [2.24, 2.45) is 35.5 Å². The third-order valence-electron chi connectivity index (χ3n) is 6.79. The van der Waals surface area contributed by atoms with Crippen molar-refractivity contribution in [2.75, 3.05) is 5.32 Å². The largest absolute Gasteiger partial charge is 0.324 e. The Morgan fingerprint density at radius 2 is 1.79 bits per heavy atom. The summed E-state index contributed by atoms with van der Waals surface area (Å²) in [6.45, 7) is 1.52. The Morgan fingerprint density at radius 3 is 2.36 bits per heavy atom. The van der Waals surface area contributed by atoms with Crippen LogP contribution in [0.25, 0.3) is 0 Å². The van der Waals surface area contributed by atoms with E-state index in [1.165, 1.54) is 31.2 Å². The lowest BCUT2D eigenvalue weighted by molar-refractivity contribution is -0.384. The first kappa shape index (κ1) is 17.1. The number of nitrogens with one attached hydrogen (secondary N) is 1. The molecule has 1 aromatic rings. The molecular formula is C20H19N3O5. The number of hydrogen-bond acceptors (Lipinski definition) is 5. The predicted molar refractivity (Wildman–Crippen MR) is 97.7 cm³/mol. The normalized spacial score (nSPS) is 35.4. The van der Waals surface area contributed by atoms with Crippen molar-refractivity contribution in [1.82, 2.24) is 4.90 Å². The number of nitro groups is 1. The number of rotatable bonds is 4. The van der Waals surface area contributed by atoms with Crippen LogP contribution in [-0.2, 0) is 14.4 Å². The number of likely N-dealkylation sites (tertiary alicyclic amines) is 1. The molecule has 7 atom stereocenters. The molecule has 1 aromatic carbocycles. The van der Waals surface area contributed by atoms with Crippen LogP contribution >= 0.6 is 0 Å². The first-order chi connectivity index (χ1) is 13.4. The zero-order valence-corrected chi connectivity index (χ0v) is 15.1. The van der Waals surface area contributed by atoms with E-state index in [0.29, 0.717) is 11.8 Å². The molecule has 6 rings (SSSR count). The van der Waals surface area contributed by atoms with Gasteiger partial charge in [-0.1, -0.05) is 18.2 Å². The van der Waals surface area contributed by atoms with Crippen LogP contribution in [0.5, 0.6) is 0 Å². The average Bonchev–Trinajstić information content (AvgIpc) is 3.45. The monoisotopic (exact) mass is 381 g/mol. The van der Waals surface area contributed by atoms with Crippen molar-refractivity contribution >= 4 is 29.1 Å². The average molecular weight is 381 g/mol. The Labute approximate surface area is 160 Å². The topological polar surface area (TPSA) is 110 Å². The highest BCUT2D eigenvalue weighted by atomic mass is 16.6. The fourth-order valence-electron chi connectivity index (χ4n) is 5.42. The molecule has 1 heterocycles. The van der Waals surface area contributed by atoms with Crippen molar-refractivity contribution in [3.05, 3.63) is 46.5 Å². The molecule has 4 aliphatic carbocycles. The van der Waals surface area contributed by atoms with E-state index >= 15 is 0 Å². The highest BCUT2D eigenvalue weighted by Gasteiger charge is 2.67. The summed E-state index contributed by atoms with van der Waals surface area (Å²) in [7, 11) is 0. The van der Waals surface area contributed by atoms with Gasteiger partial charge in [0, 0.05) is 17.8 Å². The van der Waals surface area contributed by atoms with Gasteiger partial charge < -0.3 is 5.32 Å². The molecule has 3 amide bonds. The van der Waals surface area contributed by atoms with Gasteiger partial charge in [-0.05, 0) is 43.1 Å². The summed E-state index contributed by atoms with van der Waals surface area (Å²) in [6, 6.07) is 4.60. The molecule has 0 spiro atoms. The maximum absolute atomic E-state index is 13.0. The minimum Gasteiger partial charge on any atom is -0.324 e. The molecule has 28 heavy (non-hydrogen) atoms. The van der Waals surface area contributed by atoms with Crippen LogP contribution in [-0.4, -0.2) is 33.6 Å². The summed E-state index contributed by atoms with van der Waals surface area (Å²) in [6.07, 6.45) is 5.25. The van der Waals surface area contributed by atoms with E-state index in [4.69, 9.17) is 0 Å². The van der Waals surface area contributed by atoms with Crippen molar-refractivity contribution in [3.63, 3.8) is 0 Å². The number of amides is 3. The third-order valence-corrected chi connectivity index (χ3v) is 6.79. The lowest BCUT2D eigenvalue weighted by atomic mass is 9.63. The molecule has 1 saturated heterocycles. The second kappa shape index (κ2) is 5.73. The highest BCUT2D eigenvalue weighted by molar-refractivity contribution is 6.10. The number of allylic oxidation sites excluding steroid dienone is 2. The molecule has 2 bridgehead atoms. The molecule has 2 saturated carbocycles. The number of imide groups is 1. The fourth-order valence-corrected chi connectivity index (χ4v) is 5.42. The summed E-state index contributed by atoms with van der Waals surface area (Å²) >= 11 is 0. The number of nitro benzene ring substituents is 1. The summed E-state index contributed by atoms with van der Waals surface area (Å²) < 4.78 is 0. The minimum atomic E-state index is -0.972. The summed E-state index contributed by atoms with van der Waals surface area (Å²) in [4.78, 5) is 50.2. The Balaban J connectivity index is 1.36. The number of carbonyl (C=O) groups is 3. The van der Waals surface area contributed by atoms with Gasteiger partial charge in [0.05, 0.1) is 16.8 Å². The SMILES string of the molecule is C[C@H](C(=O)Nc1cccc([N+](=O)[O-])c1)N1C(=O)[C@@H]2[C@H]3C=C[C@@H]([C@@H]4C[C@@H]34)[C@H]2C1=O. The van der Waals surface area contributed by atoms with Crippen LogP contribution in [0.2, 0.25) is 0 Å². The van der Waals surface area contributed by atoms with E-state index in [1.54, 1.807) is 0 Å². The lowest BCUT2D eigenvalue weighted by Gasteiger charge is -2.37. The van der Waals surface area contributed by atoms with Crippen LogP contribution < -0.4 is 5.32 Å². The molecule has 1 N–H and O–H groups in total. The molecule has 1 aliphatic heterocycles. The Kier molecular flexibility index (Phi) is 3.50. The van der Waals surface area contributed by atoms with Crippen molar-refractivity contribution in [2.45, 2.75) is 19.4 Å². The zero-order valence-electron chi connectivity index (χ0n) is 15.1. The predicted octanol–water partition coefficient (Wildman–Crippen LogP) is 1.97. The van der Waals surface area contributed by atoms with Crippen LogP contribution in [0.3, 0.4) is 0 Å². The fraction of sp³-hybridized carbons (Fsp3) is 0.450. The zero-order chi connectivity index (χ0) is 19.7. The van der Waals surface area contributed by atoms with Crippen molar-refractivity contribution < 1.29 is 19.3 Å². The van der Waals surface area contributed by atoms with Crippen LogP contribution in [0, 0.1) is 45.6 Å². The van der Waals surface area contributed by atoms with Gasteiger partial charge in [-0.2, -0.15) is 0 Å². The second-order valence-electron chi connectivity index (χ2n) is 8.17. The van der Waals surface area contributed by atoms with Gasteiger partial charge in [0.1, 0.15) is 6.04 Å².